The van der Waals surface area contributed by atoms with Crippen molar-refractivity contribution in [3.05, 3.63) is 34.3 Å². The molecular weight excluding hydrogens is 214 g/mol. The molecule has 0 aromatic heterocycles. The molecule has 0 saturated carbocycles. The van der Waals surface area contributed by atoms with Crippen LogP contribution in [0.4, 0.5) is 8.78 Å². The molecule has 0 spiro atoms. The van der Waals surface area contributed by atoms with Crippen LogP contribution in [0, 0.1) is 11.6 Å². The molecule has 1 aromatic rings. The Balaban J connectivity index is -0.000000270. The maximum absolute atomic E-state index is 12.2. The van der Waals surface area contributed by atoms with Crippen molar-refractivity contribution in [2.45, 2.75) is 0 Å². The minimum Gasteiger partial charge on any atom is -1.00 e. The molecule has 0 heterocycles. The summed E-state index contributed by atoms with van der Waals surface area (Å²) >= 11 is 2.99. The molecule has 52 valence electrons. The van der Waals surface area contributed by atoms with E-state index < -0.39 is 11.6 Å². The smallest absolute Gasteiger partial charge is 1.00 e. The summed E-state index contributed by atoms with van der Waals surface area (Å²) in [6.07, 6.45) is 0. The van der Waals surface area contributed by atoms with Crippen molar-refractivity contribution in [3.8, 4) is 0 Å². The fourth-order valence-corrected chi connectivity index (χ4v) is 0.804. The van der Waals surface area contributed by atoms with Gasteiger partial charge in [-0.2, -0.15) is 0 Å². The van der Waals surface area contributed by atoms with Gasteiger partial charge in [0.1, 0.15) is 0 Å². The van der Waals surface area contributed by atoms with Gasteiger partial charge >= 0.3 is 23.1 Å². The molecule has 0 amide bonds. The van der Waals surface area contributed by atoms with Gasteiger partial charge in [-0.05, 0) is 18.2 Å². The fraction of sp³-hybridized carbons (Fsp3) is 0. The summed E-state index contributed by atoms with van der Waals surface area (Å²) in [5.74, 6) is -1.65. The van der Waals surface area contributed by atoms with Crippen LogP contribution < -0.4 is 0 Å². The molecule has 0 unspecified atom stereocenters. The number of benzene rings is 1. The minimum atomic E-state index is -0.829. The van der Waals surface area contributed by atoms with Crippen molar-refractivity contribution in [3.63, 3.8) is 0 Å². The van der Waals surface area contributed by atoms with Crippen molar-refractivity contribution < 1.29 is 11.6 Å². The first kappa shape index (κ1) is 10.3. The second kappa shape index (κ2) is 4.26. The Morgan fingerprint density at radius 1 is 1.20 bits per heavy atom. The number of hydrogen-bond acceptors (Lipinski definition) is 0. The Bertz CT molecular complexity index is 235. The maximum Gasteiger partial charge on any atom is 2.00 e. The van der Waals surface area contributed by atoms with E-state index in [0.29, 0.717) is 4.47 Å². The van der Waals surface area contributed by atoms with Crippen molar-refractivity contribution >= 4 is 39.0 Å². The minimum absolute atomic E-state index is 0. The monoisotopic (exact) mass is 218 g/mol. The third-order valence-corrected chi connectivity index (χ3v) is 1.37. The molecule has 0 radical (unpaired) electrons. The molecule has 0 saturated heterocycles. The Labute approximate surface area is 84.9 Å². The normalized spacial score (nSPS) is 8.70. The van der Waals surface area contributed by atoms with E-state index in [-0.39, 0.29) is 25.9 Å². The first-order chi connectivity index (χ1) is 4.20. The summed E-state index contributed by atoms with van der Waals surface area (Å²) in [6, 6.07) is 3.59. The molecule has 0 nitrogen and oxygen atoms in total. The zero-order valence-electron chi connectivity index (χ0n) is 7.07. The number of rotatable bonds is 0. The first-order valence-corrected chi connectivity index (χ1v) is 3.10. The van der Waals surface area contributed by atoms with Gasteiger partial charge in [-0.1, -0.05) is 15.9 Å². The summed E-state index contributed by atoms with van der Waals surface area (Å²) in [6.45, 7) is 0. The average molecular weight is 219 g/mol. The molecule has 0 bridgehead atoms. The van der Waals surface area contributed by atoms with E-state index in [4.69, 9.17) is 0 Å². The molecule has 10 heavy (non-hydrogen) atoms. The van der Waals surface area contributed by atoms with E-state index in [9.17, 15) is 8.78 Å². The summed E-state index contributed by atoms with van der Waals surface area (Å²) in [5.41, 5.74) is 0. The average Bonchev–Trinajstić information content (AvgIpc) is 1.80. The molecule has 0 aliphatic heterocycles. The molecule has 0 aliphatic carbocycles. The summed E-state index contributed by atoms with van der Waals surface area (Å²) in [7, 11) is 0. The van der Waals surface area contributed by atoms with Gasteiger partial charge in [0.25, 0.3) is 0 Å². The van der Waals surface area contributed by atoms with Crippen LogP contribution in [0.5, 0.6) is 0 Å². The largest absolute Gasteiger partial charge is 2.00 e. The van der Waals surface area contributed by atoms with Crippen molar-refractivity contribution in [2.24, 2.45) is 0 Å². The van der Waals surface area contributed by atoms with Crippen molar-refractivity contribution in [1.29, 1.82) is 0 Å². The number of hydrogen-bond donors (Lipinski definition) is 0. The number of halogens is 3. The standard InChI is InChI=1S/C6H3BrF2.Mg.2H/c7-4-1-2-5(8)6(9)3-4;;;/h1-3H;;;/q;+2;2*-1. The molecule has 0 N–H and O–H groups in total. The first-order valence-electron chi connectivity index (χ1n) is 2.30. The van der Waals surface area contributed by atoms with Gasteiger partial charge in [-0.25, -0.2) is 8.78 Å². The van der Waals surface area contributed by atoms with Gasteiger partial charge in [-0.3, -0.25) is 0 Å². The predicted octanol–water partition coefficient (Wildman–Crippen LogP) is 2.57. The second-order valence-electron chi connectivity index (χ2n) is 1.56. The van der Waals surface area contributed by atoms with Crippen LogP contribution in [0.3, 0.4) is 0 Å². The van der Waals surface area contributed by atoms with Gasteiger partial charge in [0.2, 0.25) is 0 Å². The fourth-order valence-electron chi connectivity index (χ4n) is 0.470. The van der Waals surface area contributed by atoms with E-state index in [0.717, 1.165) is 12.1 Å². The Morgan fingerprint density at radius 3 is 2.20 bits per heavy atom. The van der Waals surface area contributed by atoms with Crippen LogP contribution in [0.1, 0.15) is 2.85 Å². The van der Waals surface area contributed by atoms with Gasteiger partial charge in [0, 0.05) is 4.47 Å². The summed E-state index contributed by atoms with van der Waals surface area (Å²) in [5, 5.41) is 0. The summed E-state index contributed by atoms with van der Waals surface area (Å²) < 4.78 is 24.8. The van der Waals surface area contributed by atoms with E-state index in [1.807, 2.05) is 0 Å². The van der Waals surface area contributed by atoms with Gasteiger partial charge in [0.05, 0.1) is 0 Å². The van der Waals surface area contributed by atoms with Crippen LogP contribution in [0.15, 0.2) is 22.7 Å². The SMILES string of the molecule is Fc1ccc(Br)cc1F.[H-].[H-].[Mg+2]. The third-order valence-electron chi connectivity index (χ3n) is 0.882. The van der Waals surface area contributed by atoms with Crippen LogP contribution in [-0.4, -0.2) is 23.1 Å². The Hall–Kier alpha value is 0.326. The molecule has 0 atom stereocenters. The van der Waals surface area contributed by atoms with E-state index in [2.05, 4.69) is 15.9 Å². The Morgan fingerprint density at radius 2 is 1.80 bits per heavy atom. The topological polar surface area (TPSA) is 0 Å². The molecule has 4 heteroatoms. The van der Waals surface area contributed by atoms with Gasteiger partial charge < -0.3 is 2.85 Å². The van der Waals surface area contributed by atoms with E-state index in [1.165, 1.54) is 6.07 Å². The summed E-state index contributed by atoms with van der Waals surface area (Å²) in [4.78, 5) is 0. The van der Waals surface area contributed by atoms with Gasteiger partial charge in [0.15, 0.2) is 11.6 Å². The quantitative estimate of drug-likeness (QED) is 0.465. The molecule has 0 aliphatic rings. The van der Waals surface area contributed by atoms with Gasteiger partial charge in [-0.15, -0.1) is 0 Å². The molecule has 1 aromatic carbocycles. The maximum atomic E-state index is 12.2. The second-order valence-corrected chi connectivity index (χ2v) is 2.47. The van der Waals surface area contributed by atoms with Crippen LogP contribution in [0.2, 0.25) is 0 Å². The predicted molar refractivity (Wildman–Crippen MR) is 42.0 cm³/mol. The third kappa shape index (κ3) is 2.52. The van der Waals surface area contributed by atoms with Crippen molar-refractivity contribution in [2.75, 3.05) is 0 Å². The Kier molecular flexibility index (Phi) is 4.39. The van der Waals surface area contributed by atoms with Crippen LogP contribution >= 0.6 is 15.9 Å². The van der Waals surface area contributed by atoms with Crippen LogP contribution in [-0.2, 0) is 0 Å². The zero-order chi connectivity index (χ0) is 6.85. The molecule has 1 rings (SSSR count). The van der Waals surface area contributed by atoms with E-state index >= 15 is 0 Å². The van der Waals surface area contributed by atoms with Crippen LogP contribution in [0.25, 0.3) is 0 Å². The van der Waals surface area contributed by atoms with Crippen molar-refractivity contribution in [1.82, 2.24) is 0 Å². The molecular formula is C6H5BrF2Mg. The molecule has 0 fully saturated rings. The van der Waals surface area contributed by atoms with E-state index in [1.54, 1.807) is 0 Å². The zero-order valence-corrected chi connectivity index (χ0v) is 8.07.